The van der Waals surface area contributed by atoms with Crippen LogP contribution in [0.1, 0.15) is 0 Å². The van der Waals surface area contributed by atoms with Gasteiger partial charge in [-0.25, -0.2) is 8.42 Å². The summed E-state index contributed by atoms with van der Waals surface area (Å²) < 4.78 is 28.4. The minimum Gasteiger partial charge on any atom is -0.306 e. The molecule has 0 radical (unpaired) electrons. The van der Waals surface area contributed by atoms with E-state index >= 15 is 0 Å². The van der Waals surface area contributed by atoms with E-state index in [2.05, 4.69) is 165 Å². The number of nitrogens with zero attached hydrogens (tertiary/aromatic N) is 4. The predicted molar refractivity (Wildman–Crippen MR) is 223 cm³/mol. The fourth-order valence-corrected chi connectivity index (χ4v) is 10.1. The quantitative estimate of drug-likeness (QED) is 0.180. The van der Waals surface area contributed by atoms with Crippen LogP contribution in [0.2, 0.25) is 0 Å². The number of para-hydroxylation sites is 10. The number of sulfone groups is 1. The number of benzene rings is 8. The van der Waals surface area contributed by atoms with E-state index in [-0.39, 0.29) is 0 Å². The number of hydrogen-bond donors (Lipinski definition) is 0. The van der Waals surface area contributed by atoms with E-state index in [0.29, 0.717) is 20.9 Å². The zero-order valence-corrected chi connectivity index (χ0v) is 30.3. The molecule has 0 aliphatic carbocycles. The molecule has 262 valence electrons. The summed E-state index contributed by atoms with van der Waals surface area (Å²) in [6.45, 7) is 0. The molecule has 0 spiro atoms. The van der Waals surface area contributed by atoms with Crippen LogP contribution in [0.3, 0.4) is 0 Å². The molecule has 7 heteroatoms. The summed E-state index contributed by atoms with van der Waals surface area (Å²) in [4.78, 5) is 9.70. The summed E-state index contributed by atoms with van der Waals surface area (Å²) in [5.74, 6) is 0. The van der Waals surface area contributed by atoms with Crippen molar-refractivity contribution in [2.45, 2.75) is 9.79 Å². The van der Waals surface area contributed by atoms with Crippen LogP contribution in [0.25, 0.3) is 11.1 Å². The van der Waals surface area contributed by atoms with E-state index in [0.717, 1.165) is 68.2 Å². The van der Waals surface area contributed by atoms with Gasteiger partial charge in [-0.3, -0.25) is 0 Å². The summed E-state index contributed by atoms with van der Waals surface area (Å²) in [6, 6.07) is 65.8. The lowest BCUT2D eigenvalue weighted by Gasteiger charge is -2.40. The van der Waals surface area contributed by atoms with Crippen LogP contribution in [0.4, 0.5) is 68.2 Å². The summed E-state index contributed by atoms with van der Waals surface area (Å²) >= 11 is 0. The first-order valence-electron chi connectivity index (χ1n) is 18.3. The number of fused-ring (bicyclic) bond motifs is 7. The highest BCUT2D eigenvalue weighted by atomic mass is 32.2. The monoisotopic (exact) mass is 728 g/mol. The second kappa shape index (κ2) is 12.0. The van der Waals surface area contributed by atoms with Crippen LogP contribution in [0.5, 0.6) is 0 Å². The van der Waals surface area contributed by atoms with Crippen molar-refractivity contribution in [3.63, 3.8) is 0 Å². The van der Waals surface area contributed by atoms with E-state index in [1.165, 1.54) is 0 Å². The molecule has 8 aromatic rings. The Bertz CT molecular complexity index is 2640. The van der Waals surface area contributed by atoms with Gasteiger partial charge in [-0.05, 0) is 109 Å². The second-order valence-corrected chi connectivity index (χ2v) is 15.7. The van der Waals surface area contributed by atoms with Gasteiger partial charge >= 0.3 is 0 Å². The molecule has 0 saturated carbocycles. The van der Waals surface area contributed by atoms with Crippen LogP contribution in [-0.4, -0.2) is 8.42 Å². The molecule has 3 heterocycles. The molecule has 0 aromatic heterocycles. The Labute approximate surface area is 319 Å². The Balaban J connectivity index is 1.08. The average Bonchev–Trinajstić information content (AvgIpc) is 3.46. The second-order valence-electron chi connectivity index (χ2n) is 13.8. The Morgan fingerprint density at radius 1 is 0.273 bits per heavy atom. The van der Waals surface area contributed by atoms with E-state index in [4.69, 9.17) is 0 Å². The highest BCUT2D eigenvalue weighted by Crippen LogP contribution is 2.57. The lowest BCUT2D eigenvalue weighted by molar-refractivity contribution is 0.598. The van der Waals surface area contributed by atoms with Gasteiger partial charge in [0, 0.05) is 33.9 Å². The van der Waals surface area contributed by atoms with Crippen molar-refractivity contribution >= 4 is 78.1 Å². The van der Waals surface area contributed by atoms with E-state index in [9.17, 15) is 8.42 Å². The zero-order valence-electron chi connectivity index (χ0n) is 29.5. The molecule has 0 saturated heterocycles. The molecule has 0 atom stereocenters. The summed E-state index contributed by atoms with van der Waals surface area (Å²) in [5.41, 5.74) is 13.4. The largest absolute Gasteiger partial charge is 0.306 e. The van der Waals surface area contributed by atoms with Crippen LogP contribution in [-0.2, 0) is 9.84 Å². The van der Waals surface area contributed by atoms with Crippen molar-refractivity contribution in [1.82, 2.24) is 0 Å². The molecular weight excluding hydrogens is 697 g/mol. The average molecular weight is 729 g/mol. The molecule has 55 heavy (non-hydrogen) atoms. The molecule has 0 bridgehead atoms. The molecular formula is C48H32N4O2S. The van der Waals surface area contributed by atoms with Crippen LogP contribution >= 0.6 is 0 Å². The Morgan fingerprint density at radius 2 is 0.527 bits per heavy atom. The van der Waals surface area contributed by atoms with Gasteiger partial charge in [0.1, 0.15) is 0 Å². The fraction of sp³-hybridized carbons (Fsp3) is 0. The first kappa shape index (κ1) is 31.4. The minimum atomic E-state index is -3.75. The Kier molecular flexibility index (Phi) is 6.84. The highest BCUT2D eigenvalue weighted by molar-refractivity contribution is 7.92. The smallest absolute Gasteiger partial charge is 0.207 e. The number of anilines is 12. The van der Waals surface area contributed by atoms with Gasteiger partial charge in [0.05, 0.1) is 55.3 Å². The SMILES string of the molecule is O=S1(=O)c2ccc(N3c4ccccc4N(c4ccccc4)c4ccccc43)cc2-c2cc(N3c4ccccc4N(c4ccccc4)c4ccccc43)ccc21. The maximum Gasteiger partial charge on any atom is 0.207 e. The first-order valence-corrected chi connectivity index (χ1v) is 19.8. The fourth-order valence-electron chi connectivity index (χ4n) is 8.48. The van der Waals surface area contributed by atoms with Crippen molar-refractivity contribution in [3.05, 3.63) is 194 Å². The molecule has 0 N–H and O–H groups in total. The minimum absolute atomic E-state index is 0.322. The Morgan fingerprint density at radius 3 is 0.818 bits per heavy atom. The van der Waals surface area contributed by atoms with Gasteiger partial charge in [-0.2, -0.15) is 0 Å². The molecule has 0 fully saturated rings. The van der Waals surface area contributed by atoms with Gasteiger partial charge < -0.3 is 19.6 Å². The van der Waals surface area contributed by atoms with Crippen molar-refractivity contribution in [1.29, 1.82) is 0 Å². The third kappa shape index (κ3) is 4.63. The molecule has 6 nitrogen and oxygen atoms in total. The summed E-state index contributed by atoms with van der Waals surface area (Å²) in [7, 11) is -3.75. The van der Waals surface area contributed by atoms with Gasteiger partial charge in [0.15, 0.2) is 0 Å². The van der Waals surface area contributed by atoms with Crippen molar-refractivity contribution in [2.75, 3.05) is 19.6 Å². The van der Waals surface area contributed by atoms with Gasteiger partial charge in [-0.1, -0.05) is 84.9 Å². The van der Waals surface area contributed by atoms with Crippen LogP contribution < -0.4 is 19.6 Å². The highest BCUT2D eigenvalue weighted by Gasteiger charge is 2.37. The molecule has 0 amide bonds. The Hall–Kier alpha value is -7.09. The topological polar surface area (TPSA) is 47.1 Å². The lowest BCUT2D eigenvalue weighted by atomic mass is 10.0. The normalized spacial score (nSPS) is 14.3. The van der Waals surface area contributed by atoms with Crippen LogP contribution in [0.15, 0.2) is 204 Å². The maximum atomic E-state index is 14.2. The molecule has 11 rings (SSSR count). The van der Waals surface area contributed by atoms with E-state index in [1.54, 1.807) is 12.1 Å². The van der Waals surface area contributed by atoms with Crippen LogP contribution in [0, 0.1) is 0 Å². The molecule has 8 aromatic carbocycles. The zero-order chi connectivity index (χ0) is 36.7. The molecule has 3 aliphatic heterocycles. The third-order valence-corrected chi connectivity index (χ3v) is 12.7. The third-order valence-electron chi connectivity index (χ3n) is 10.8. The van der Waals surface area contributed by atoms with Gasteiger partial charge in [0.25, 0.3) is 0 Å². The predicted octanol–water partition coefficient (Wildman–Crippen LogP) is 13.0. The van der Waals surface area contributed by atoms with Crippen molar-refractivity contribution in [3.8, 4) is 11.1 Å². The van der Waals surface area contributed by atoms with Crippen molar-refractivity contribution < 1.29 is 8.42 Å². The van der Waals surface area contributed by atoms with Crippen molar-refractivity contribution in [2.24, 2.45) is 0 Å². The van der Waals surface area contributed by atoms with E-state index < -0.39 is 9.84 Å². The standard InChI is InChI=1S/C48H32N4O2S/c53-55(54)47-29-27-35(51-43-23-11-7-19-39(43)49(33-15-3-1-4-16-33)40-20-8-12-24-44(40)51)31-37(47)38-32-36(28-30-48(38)55)52-45-25-13-9-21-41(45)50(34-17-5-2-6-18-34)42-22-10-14-26-46(42)52/h1-32H. The summed E-state index contributed by atoms with van der Waals surface area (Å²) in [6.07, 6.45) is 0. The number of hydrogen-bond acceptors (Lipinski definition) is 6. The van der Waals surface area contributed by atoms with E-state index in [1.807, 2.05) is 36.4 Å². The van der Waals surface area contributed by atoms with Gasteiger partial charge in [0.2, 0.25) is 9.84 Å². The first-order chi connectivity index (χ1) is 27.1. The maximum absolute atomic E-state index is 14.2. The summed E-state index contributed by atoms with van der Waals surface area (Å²) in [5, 5.41) is 0. The molecule has 0 unspecified atom stereocenters. The molecule has 3 aliphatic rings. The van der Waals surface area contributed by atoms with Gasteiger partial charge in [-0.15, -0.1) is 0 Å². The lowest BCUT2D eigenvalue weighted by Crippen LogP contribution is -2.24. The number of rotatable bonds is 4.